The van der Waals surface area contributed by atoms with E-state index in [1.165, 1.54) is 197 Å². The quantitative estimate of drug-likeness (QED) is 0.158. The SMILES string of the molecule is Bc1c(B)c(B)c(-n2c3c(B)c(B)c(B)c(B)c3c3c(B)c(-c4c(B)c(B)c5c(c4B)c4c(B)c(B)c(B)c(B)c4n5-c4c(B)c(B)c(B)c(B)c4B)c(B)c(B)c32)c(B)c1B. The van der Waals surface area contributed by atoms with Crippen molar-refractivity contribution in [1.29, 1.82) is 0 Å². The Bertz CT molecular complexity index is 3170. The molecule has 0 unspecified atom stereocenters. The zero-order valence-corrected chi connectivity index (χ0v) is 42.9. The second kappa shape index (κ2) is 15.0. The molecule has 8 rings (SSSR count). The van der Waals surface area contributed by atoms with Gasteiger partial charge in [-0.05, 0) is 21.9 Å². The second-order valence-electron chi connectivity index (χ2n) is 20.0. The molecule has 2 heterocycles. The van der Waals surface area contributed by atoms with E-state index in [4.69, 9.17) is 0 Å². The number of nitrogens with zero attached hydrogens (tertiary/aromatic N) is 2. The van der Waals surface area contributed by atoms with Crippen molar-refractivity contribution in [2.45, 2.75) is 0 Å². The number of aromatic nitrogens is 2. The van der Waals surface area contributed by atoms with E-state index < -0.39 is 0 Å². The predicted molar refractivity (Wildman–Crippen MR) is 357 cm³/mol. The summed E-state index contributed by atoms with van der Waals surface area (Å²) in [6.07, 6.45) is 0. The summed E-state index contributed by atoms with van der Waals surface area (Å²) >= 11 is 0. The number of rotatable bonds is 3. The Kier molecular flexibility index (Phi) is 10.9. The first-order valence-corrected chi connectivity index (χ1v) is 23.1. The van der Waals surface area contributed by atoms with Crippen molar-refractivity contribution in [3.63, 3.8) is 0 Å². The van der Waals surface area contributed by atoms with Crippen LogP contribution >= 0.6 is 0 Å². The summed E-state index contributed by atoms with van der Waals surface area (Å²) in [6, 6.07) is 0. The van der Waals surface area contributed by atoms with Crippen LogP contribution in [0.3, 0.4) is 0 Å². The van der Waals surface area contributed by atoms with Crippen LogP contribution in [0.25, 0.3) is 66.1 Å². The summed E-state index contributed by atoms with van der Waals surface area (Å²) in [5, 5.41) is 5.64. The number of fused-ring (bicyclic) bond motifs is 6. The molecule has 0 spiro atoms. The van der Waals surface area contributed by atoms with Crippen LogP contribution in [0.1, 0.15) is 0 Å². The molecule has 0 aliphatic heterocycles. The Morgan fingerprint density at radius 1 is 0.161 bits per heavy atom. The molecule has 26 heteroatoms. The zero-order chi connectivity index (χ0) is 45.9. The van der Waals surface area contributed by atoms with Gasteiger partial charge in [-0.1, -0.05) is 109 Å². The van der Waals surface area contributed by atoms with Crippen molar-refractivity contribution >= 4 is 363 Å². The van der Waals surface area contributed by atoms with Crippen molar-refractivity contribution in [1.82, 2.24) is 9.13 Å². The molecular weight excluding hydrogens is 720 g/mol. The van der Waals surface area contributed by atoms with Gasteiger partial charge in [0.2, 0.25) is 0 Å². The highest BCUT2D eigenvalue weighted by Crippen LogP contribution is 2.31. The summed E-state index contributed by atoms with van der Waals surface area (Å²) in [5.41, 5.74) is 44.3. The Labute approximate surface area is 392 Å². The maximum absolute atomic E-state index is 2.71. The van der Waals surface area contributed by atoms with Crippen molar-refractivity contribution in [2.24, 2.45) is 0 Å². The topological polar surface area (TPSA) is 9.86 Å². The molecule has 0 saturated carbocycles. The van der Waals surface area contributed by atoms with E-state index in [0.29, 0.717) is 0 Å². The van der Waals surface area contributed by atoms with Crippen LogP contribution in [0.4, 0.5) is 0 Å². The first kappa shape index (κ1) is 45.1. The van der Waals surface area contributed by atoms with Gasteiger partial charge in [0, 0.05) is 44.2 Å². The van der Waals surface area contributed by atoms with E-state index in [1.807, 2.05) is 0 Å². The van der Waals surface area contributed by atoms with Crippen molar-refractivity contribution < 1.29 is 0 Å². The lowest BCUT2D eigenvalue weighted by molar-refractivity contribution is 1.22. The summed E-state index contributed by atoms with van der Waals surface area (Å²) in [4.78, 5) is 0. The Hall–Kier alpha value is -3.52. The van der Waals surface area contributed by atoms with Gasteiger partial charge in [-0.3, -0.25) is 0 Å². The molecule has 0 bridgehead atoms. The van der Waals surface area contributed by atoms with E-state index in [9.17, 15) is 0 Å². The third-order valence-electron chi connectivity index (χ3n) is 17.9. The van der Waals surface area contributed by atoms with Crippen LogP contribution in [-0.4, -0.2) is 197 Å². The minimum atomic E-state index is 1.35. The van der Waals surface area contributed by atoms with Crippen LogP contribution < -0.4 is 131 Å². The Morgan fingerprint density at radius 2 is 0.339 bits per heavy atom. The molecule has 0 fully saturated rings. The molecule has 6 aromatic carbocycles. The average molecular weight is 768 g/mol. The maximum Gasteiger partial charge on any atom is 0.141 e. The van der Waals surface area contributed by atoms with Crippen LogP contribution in [-0.2, 0) is 0 Å². The molecule has 0 atom stereocenters. The highest BCUT2D eigenvalue weighted by atomic mass is 15.0. The van der Waals surface area contributed by atoms with E-state index in [1.54, 1.807) is 0 Å². The van der Waals surface area contributed by atoms with Gasteiger partial charge in [0.25, 0.3) is 0 Å². The lowest BCUT2D eigenvalue weighted by Gasteiger charge is -2.26. The van der Waals surface area contributed by atoms with Gasteiger partial charge in [0.1, 0.15) is 188 Å². The second-order valence-corrected chi connectivity index (χ2v) is 20.0. The fourth-order valence-electron chi connectivity index (χ4n) is 12.3. The molecule has 0 N–H and O–H groups in total. The van der Waals surface area contributed by atoms with Crippen molar-refractivity contribution in [2.75, 3.05) is 0 Å². The summed E-state index contributed by atoms with van der Waals surface area (Å²) < 4.78 is 5.41. The van der Waals surface area contributed by atoms with Gasteiger partial charge < -0.3 is 9.13 Å². The lowest BCUT2D eigenvalue weighted by Crippen LogP contribution is -2.56. The van der Waals surface area contributed by atoms with Gasteiger partial charge in [0.05, 0.1) is 0 Å². The van der Waals surface area contributed by atoms with E-state index in [2.05, 4.69) is 197 Å². The minimum Gasteiger partial charge on any atom is -0.312 e. The Morgan fingerprint density at radius 3 is 0.597 bits per heavy atom. The van der Waals surface area contributed by atoms with E-state index in [-0.39, 0.29) is 0 Å². The van der Waals surface area contributed by atoms with Gasteiger partial charge in [-0.2, -0.15) is 0 Å². The molecule has 2 aromatic heterocycles. The first-order chi connectivity index (χ1) is 28.9. The third kappa shape index (κ3) is 5.58. The number of benzene rings is 6. The Balaban J connectivity index is 1.65. The first-order valence-electron chi connectivity index (χ1n) is 23.1. The van der Waals surface area contributed by atoms with Crippen molar-refractivity contribution in [3.8, 4) is 22.5 Å². The van der Waals surface area contributed by atoms with Crippen molar-refractivity contribution in [3.05, 3.63) is 0 Å². The van der Waals surface area contributed by atoms with Gasteiger partial charge >= 0.3 is 0 Å². The molecule has 274 valence electrons. The normalized spacial score (nSPS) is 11.8. The van der Waals surface area contributed by atoms with E-state index >= 15 is 0 Å². The van der Waals surface area contributed by atoms with Gasteiger partial charge in [-0.15, -0.1) is 21.9 Å². The van der Waals surface area contributed by atoms with Crippen LogP contribution in [0.15, 0.2) is 0 Å². The zero-order valence-electron chi connectivity index (χ0n) is 42.9. The smallest absolute Gasteiger partial charge is 0.141 e. The largest absolute Gasteiger partial charge is 0.312 e. The minimum absolute atomic E-state index is 1.35. The third-order valence-corrected chi connectivity index (χ3v) is 17.9. The highest BCUT2D eigenvalue weighted by Gasteiger charge is 2.30. The fraction of sp³-hybridized carbons (Fsp3) is 0. The van der Waals surface area contributed by atoms with Crippen LogP contribution in [0.2, 0.25) is 0 Å². The van der Waals surface area contributed by atoms with Crippen LogP contribution in [0.5, 0.6) is 0 Å². The number of hydrogen-bond donors (Lipinski definition) is 0. The van der Waals surface area contributed by atoms with Gasteiger partial charge in [0.15, 0.2) is 0 Å². The van der Waals surface area contributed by atoms with Gasteiger partial charge in [-0.25, -0.2) is 0 Å². The molecule has 0 radical (unpaired) electrons. The average Bonchev–Trinajstić information content (AvgIpc) is 3.78. The molecule has 0 aliphatic carbocycles. The molecular formula is C36H48B24N2. The predicted octanol–water partition coefficient (Wildman–Crippen LogP) is -32.3. The summed E-state index contributed by atoms with van der Waals surface area (Å²) in [5.74, 6) is 0. The summed E-state index contributed by atoms with van der Waals surface area (Å²) in [6.45, 7) is 0. The standard InChI is InChI=1S/C36H48B24N2/c37-7-1(9(39)23(53)31-3(7)5-11(41)13(43)17(47)25(55)33(5)61(31)35-27(57)19(49)15(45)20(50)28(35)58)2-8(38)4-6-12(42)14(44)18(48)26(56)34(6)62(32(4)24(54)10(2)40)36-29(59)21(51)16(46)22(52)30(36)60/h37-60H2. The van der Waals surface area contributed by atoms with E-state index in [0.717, 1.165) is 0 Å². The number of hydrogen-bond acceptors (Lipinski definition) is 0. The monoisotopic (exact) mass is 773 g/mol. The molecule has 0 aliphatic rings. The fourth-order valence-corrected chi connectivity index (χ4v) is 12.3. The molecule has 2 nitrogen and oxygen atoms in total. The highest BCUT2D eigenvalue weighted by molar-refractivity contribution is 6.75. The molecule has 0 amide bonds. The molecule has 8 aromatic rings. The molecule has 62 heavy (non-hydrogen) atoms. The maximum atomic E-state index is 2.71. The summed E-state index contributed by atoms with van der Waals surface area (Å²) in [7, 11) is 56.6. The van der Waals surface area contributed by atoms with Crippen LogP contribution in [0, 0.1) is 0 Å². The lowest BCUT2D eigenvalue weighted by atomic mass is 9.61. The molecule has 0 saturated heterocycles.